The Labute approximate surface area is 156 Å². The Balaban J connectivity index is 1.49. The van der Waals surface area contributed by atoms with Crippen LogP contribution in [0.3, 0.4) is 0 Å². The maximum atomic E-state index is 11.0. The van der Waals surface area contributed by atoms with Gasteiger partial charge in [0.2, 0.25) is 0 Å². The highest BCUT2D eigenvalue weighted by atomic mass is 16.4. The van der Waals surface area contributed by atoms with E-state index in [0.29, 0.717) is 11.5 Å². The summed E-state index contributed by atoms with van der Waals surface area (Å²) >= 11 is 0. The average Bonchev–Trinajstić information content (AvgIpc) is 3.09. The molecule has 1 heterocycles. The van der Waals surface area contributed by atoms with Crippen LogP contribution in [0.1, 0.15) is 34.8 Å². The number of carboxylic acids is 1. The second kappa shape index (κ2) is 8.97. The van der Waals surface area contributed by atoms with Gasteiger partial charge in [-0.05, 0) is 48.7 Å². The highest BCUT2D eigenvalue weighted by molar-refractivity contribution is 5.87. The van der Waals surface area contributed by atoms with Gasteiger partial charge in [0.05, 0.1) is 5.56 Å². The van der Waals surface area contributed by atoms with Crippen LogP contribution in [0.15, 0.2) is 54.6 Å². The molecule has 2 aromatic carbocycles. The largest absolute Gasteiger partial charge is 0.478 e. The summed E-state index contributed by atoms with van der Waals surface area (Å²) in [6.07, 6.45) is 1.25. The minimum Gasteiger partial charge on any atom is -0.478 e. The fraction of sp³-hybridized carbons (Fsp3) is 0.409. The first kappa shape index (κ1) is 18.6. The fourth-order valence-corrected chi connectivity index (χ4v) is 3.73. The number of likely N-dealkylation sites (tertiary alicyclic amines) is 1. The fourth-order valence-electron chi connectivity index (χ4n) is 3.73. The minimum atomic E-state index is -0.867. The molecule has 0 radical (unpaired) electrons. The number of benzene rings is 2. The average molecular weight is 352 g/mol. The zero-order valence-electron chi connectivity index (χ0n) is 15.5. The molecule has 1 fully saturated rings. The maximum absolute atomic E-state index is 11.0. The minimum absolute atomic E-state index is 0.351. The predicted molar refractivity (Wildman–Crippen MR) is 104 cm³/mol. The van der Waals surface area contributed by atoms with Gasteiger partial charge in [-0.3, -0.25) is 9.80 Å². The van der Waals surface area contributed by atoms with E-state index in [-0.39, 0.29) is 0 Å². The number of hydrogen-bond acceptors (Lipinski definition) is 3. The van der Waals surface area contributed by atoms with E-state index < -0.39 is 5.97 Å². The van der Waals surface area contributed by atoms with Gasteiger partial charge in [-0.25, -0.2) is 4.79 Å². The van der Waals surface area contributed by atoms with Gasteiger partial charge in [-0.15, -0.1) is 0 Å². The number of nitrogens with zero attached hydrogens (tertiary/aromatic N) is 2. The van der Waals surface area contributed by atoms with E-state index >= 15 is 0 Å². The van der Waals surface area contributed by atoms with Crippen molar-refractivity contribution in [3.63, 3.8) is 0 Å². The summed E-state index contributed by atoms with van der Waals surface area (Å²) in [4.78, 5) is 16.0. The molecule has 0 aliphatic carbocycles. The van der Waals surface area contributed by atoms with Gasteiger partial charge in [0, 0.05) is 26.2 Å². The van der Waals surface area contributed by atoms with Crippen molar-refractivity contribution >= 4 is 5.97 Å². The van der Waals surface area contributed by atoms with Crippen molar-refractivity contribution in [3.05, 3.63) is 71.3 Å². The van der Waals surface area contributed by atoms with Crippen LogP contribution in [-0.4, -0.2) is 47.1 Å². The second-order valence-electron chi connectivity index (χ2n) is 7.21. The maximum Gasteiger partial charge on any atom is 0.335 e. The zero-order valence-corrected chi connectivity index (χ0v) is 15.5. The van der Waals surface area contributed by atoms with E-state index in [0.717, 1.165) is 32.7 Å². The van der Waals surface area contributed by atoms with Crippen molar-refractivity contribution in [2.75, 3.05) is 26.2 Å². The summed E-state index contributed by atoms with van der Waals surface area (Å²) in [6, 6.07) is 17.9. The zero-order chi connectivity index (χ0) is 18.4. The van der Waals surface area contributed by atoms with Gasteiger partial charge in [0.1, 0.15) is 0 Å². The molecule has 26 heavy (non-hydrogen) atoms. The molecule has 0 spiro atoms. The Bertz CT molecular complexity index is 700. The first-order valence-electron chi connectivity index (χ1n) is 9.45. The summed E-state index contributed by atoms with van der Waals surface area (Å²) < 4.78 is 0. The van der Waals surface area contributed by atoms with Gasteiger partial charge in [0.25, 0.3) is 0 Å². The molecule has 1 aliphatic rings. The molecule has 1 unspecified atom stereocenters. The molecule has 0 saturated carbocycles. The van der Waals surface area contributed by atoms with Gasteiger partial charge < -0.3 is 5.11 Å². The second-order valence-corrected chi connectivity index (χ2v) is 7.21. The number of rotatable bonds is 8. The molecule has 1 saturated heterocycles. The van der Waals surface area contributed by atoms with Crippen molar-refractivity contribution in [1.82, 2.24) is 9.80 Å². The molecule has 138 valence electrons. The molecular formula is C22H28N2O2. The molecule has 1 N–H and O–H groups in total. The third-order valence-corrected chi connectivity index (χ3v) is 5.19. The lowest BCUT2D eigenvalue weighted by atomic mass is 10.1. The van der Waals surface area contributed by atoms with Crippen molar-refractivity contribution in [1.29, 1.82) is 0 Å². The monoisotopic (exact) mass is 352 g/mol. The van der Waals surface area contributed by atoms with Crippen LogP contribution in [0.5, 0.6) is 0 Å². The summed E-state index contributed by atoms with van der Waals surface area (Å²) in [5.41, 5.74) is 2.92. The van der Waals surface area contributed by atoms with E-state index in [9.17, 15) is 4.79 Å². The molecule has 1 aliphatic heterocycles. The molecule has 0 aromatic heterocycles. The van der Waals surface area contributed by atoms with Crippen LogP contribution in [-0.2, 0) is 13.1 Å². The predicted octanol–water partition coefficient (Wildman–Crippen LogP) is 3.73. The van der Waals surface area contributed by atoms with Gasteiger partial charge in [0.15, 0.2) is 0 Å². The molecule has 3 rings (SSSR count). The van der Waals surface area contributed by atoms with E-state index in [4.69, 9.17) is 5.11 Å². The number of hydrogen-bond donors (Lipinski definition) is 1. The summed E-state index contributed by atoms with van der Waals surface area (Å²) in [6.45, 7) is 8.56. The van der Waals surface area contributed by atoms with E-state index in [1.165, 1.54) is 24.1 Å². The van der Waals surface area contributed by atoms with Crippen molar-refractivity contribution in [3.8, 4) is 0 Å². The van der Waals surface area contributed by atoms with E-state index in [2.05, 4.69) is 47.1 Å². The molecule has 2 aromatic rings. The summed E-state index contributed by atoms with van der Waals surface area (Å²) in [7, 11) is 0. The quantitative estimate of drug-likeness (QED) is 0.786. The number of carbonyl (C=O) groups is 1. The lowest BCUT2D eigenvalue weighted by Crippen LogP contribution is -2.30. The van der Waals surface area contributed by atoms with Crippen LogP contribution in [0.2, 0.25) is 0 Å². The van der Waals surface area contributed by atoms with Crippen LogP contribution in [0.25, 0.3) is 0 Å². The Hall–Kier alpha value is -2.17. The lowest BCUT2D eigenvalue weighted by Gasteiger charge is -2.24. The topological polar surface area (TPSA) is 43.8 Å². The smallest absolute Gasteiger partial charge is 0.335 e. The first-order chi connectivity index (χ1) is 12.6. The highest BCUT2D eigenvalue weighted by Gasteiger charge is 2.24. The van der Waals surface area contributed by atoms with Crippen molar-refractivity contribution in [2.24, 2.45) is 5.92 Å². The molecular weight excluding hydrogens is 324 g/mol. The normalized spacial score (nSPS) is 17.7. The standard InChI is InChI=1S/C22H28N2O2/c1-2-23(14-19-8-10-21(11-9-19)22(25)26)16-20-12-13-24(17-20)15-18-6-4-3-5-7-18/h3-11,20H,2,12-17H2,1H3,(H,25,26). The van der Waals surface area contributed by atoms with Crippen molar-refractivity contribution in [2.45, 2.75) is 26.4 Å². The van der Waals surface area contributed by atoms with E-state index in [1.807, 2.05) is 12.1 Å². The lowest BCUT2D eigenvalue weighted by molar-refractivity contribution is 0.0697. The molecule has 1 atom stereocenters. The Kier molecular flexibility index (Phi) is 6.42. The first-order valence-corrected chi connectivity index (χ1v) is 9.45. The number of aromatic carboxylic acids is 1. The molecule has 0 bridgehead atoms. The Morgan fingerprint density at radius 3 is 2.50 bits per heavy atom. The SMILES string of the molecule is CCN(Cc1ccc(C(=O)O)cc1)CC1CCN(Cc2ccccc2)C1. The third-order valence-electron chi connectivity index (χ3n) is 5.19. The molecule has 4 heteroatoms. The van der Waals surface area contributed by atoms with Crippen LogP contribution >= 0.6 is 0 Å². The van der Waals surface area contributed by atoms with Gasteiger partial charge >= 0.3 is 5.97 Å². The Morgan fingerprint density at radius 1 is 1.12 bits per heavy atom. The molecule has 4 nitrogen and oxygen atoms in total. The molecule has 0 amide bonds. The van der Waals surface area contributed by atoms with Crippen LogP contribution < -0.4 is 0 Å². The summed E-state index contributed by atoms with van der Waals surface area (Å²) in [5.74, 6) is -0.162. The van der Waals surface area contributed by atoms with Gasteiger partial charge in [-0.1, -0.05) is 49.4 Å². The Morgan fingerprint density at radius 2 is 1.85 bits per heavy atom. The summed E-state index contributed by atoms with van der Waals surface area (Å²) in [5, 5.41) is 9.01. The van der Waals surface area contributed by atoms with Gasteiger partial charge in [-0.2, -0.15) is 0 Å². The number of carboxylic acid groups (broad SMARTS) is 1. The van der Waals surface area contributed by atoms with E-state index in [1.54, 1.807) is 12.1 Å². The highest BCUT2D eigenvalue weighted by Crippen LogP contribution is 2.20. The van der Waals surface area contributed by atoms with Crippen LogP contribution in [0, 0.1) is 5.92 Å². The van der Waals surface area contributed by atoms with Crippen LogP contribution in [0.4, 0.5) is 0 Å². The van der Waals surface area contributed by atoms with Crippen molar-refractivity contribution < 1.29 is 9.90 Å². The third kappa shape index (κ3) is 5.16.